The summed E-state index contributed by atoms with van der Waals surface area (Å²) in [7, 11) is 0. The van der Waals surface area contributed by atoms with Gasteiger partial charge in [-0.05, 0) is 29.9 Å². The Morgan fingerprint density at radius 1 is 1.50 bits per heavy atom. The Bertz CT molecular complexity index is 625. The summed E-state index contributed by atoms with van der Waals surface area (Å²) in [6, 6.07) is 7.30. The summed E-state index contributed by atoms with van der Waals surface area (Å²) < 4.78 is 1.89. The van der Waals surface area contributed by atoms with Gasteiger partial charge in [0.25, 0.3) is 0 Å². The van der Waals surface area contributed by atoms with Crippen LogP contribution in [-0.2, 0) is 4.79 Å². The van der Waals surface area contributed by atoms with Crippen LogP contribution in [-0.4, -0.2) is 27.0 Å². The molecule has 2 aromatic rings. The lowest BCUT2D eigenvalue weighted by Gasteiger charge is -2.01. The van der Waals surface area contributed by atoms with E-state index in [4.69, 9.17) is 12.2 Å². The predicted octanol–water partition coefficient (Wildman–Crippen LogP) is 1.78. The van der Waals surface area contributed by atoms with Gasteiger partial charge in [-0.2, -0.15) is 14.9 Å². The van der Waals surface area contributed by atoms with Crippen molar-refractivity contribution in [3.8, 4) is 0 Å². The van der Waals surface area contributed by atoms with Crippen LogP contribution in [0.25, 0.3) is 0 Å². The lowest BCUT2D eigenvalue weighted by atomic mass is 10.2. The molecule has 18 heavy (non-hydrogen) atoms. The minimum atomic E-state index is -0.0962. The Labute approximate surface area is 108 Å². The van der Waals surface area contributed by atoms with Gasteiger partial charge in [-0.3, -0.25) is 9.89 Å². The molecular formula is C11H11N5OS. The summed E-state index contributed by atoms with van der Waals surface area (Å²) in [5.41, 5.74) is 1.65. The minimum Gasteiger partial charge on any atom is -0.326 e. The van der Waals surface area contributed by atoms with Gasteiger partial charge in [0.2, 0.25) is 10.7 Å². The van der Waals surface area contributed by atoms with E-state index < -0.39 is 0 Å². The van der Waals surface area contributed by atoms with E-state index in [1.807, 2.05) is 12.1 Å². The number of nitrogens with one attached hydrogen (secondary N) is 2. The van der Waals surface area contributed by atoms with Crippen molar-refractivity contribution in [1.82, 2.24) is 14.9 Å². The molecule has 0 bridgehead atoms. The van der Waals surface area contributed by atoms with E-state index in [1.54, 1.807) is 18.3 Å². The number of benzene rings is 1. The molecule has 1 heterocycles. The number of nitrogens with zero attached hydrogens (tertiary/aromatic N) is 3. The number of anilines is 1. The molecule has 92 valence electrons. The Balaban J connectivity index is 2.11. The topological polar surface area (TPSA) is 75.1 Å². The van der Waals surface area contributed by atoms with Crippen LogP contribution >= 0.6 is 12.2 Å². The van der Waals surface area contributed by atoms with E-state index in [2.05, 4.69) is 20.6 Å². The van der Waals surface area contributed by atoms with Crippen molar-refractivity contribution >= 4 is 30.0 Å². The third kappa shape index (κ3) is 3.11. The van der Waals surface area contributed by atoms with Crippen LogP contribution in [0.4, 0.5) is 5.69 Å². The van der Waals surface area contributed by atoms with Crippen LogP contribution in [0.3, 0.4) is 0 Å². The van der Waals surface area contributed by atoms with Crippen molar-refractivity contribution in [2.45, 2.75) is 6.92 Å². The number of carbonyl (C=O) groups excluding carboxylic acids is 1. The van der Waals surface area contributed by atoms with E-state index in [0.717, 1.165) is 11.3 Å². The van der Waals surface area contributed by atoms with Crippen LogP contribution in [0.15, 0.2) is 35.7 Å². The molecule has 0 aliphatic rings. The van der Waals surface area contributed by atoms with Crippen LogP contribution < -0.4 is 5.32 Å². The minimum absolute atomic E-state index is 0.0962. The number of H-pyrrole nitrogens is 1. The van der Waals surface area contributed by atoms with Gasteiger partial charge in [0, 0.05) is 12.6 Å². The predicted molar refractivity (Wildman–Crippen MR) is 71.1 cm³/mol. The maximum absolute atomic E-state index is 10.9. The maximum Gasteiger partial charge on any atom is 0.221 e. The normalized spacial score (nSPS) is 10.7. The van der Waals surface area contributed by atoms with Crippen molar-refractivity contribution in [2.24, 2.45) is 5.10 Å². The number of hydrogen-bond donors (Lipinski definition) is 2. The molecule has 0 fully saturated rings. The standard InChI is InChI=1S/C11H11N5OS/c1-8(17)14-10-4-2-9(3-5-10)6-13-16-7-12-15-11(16)18/h2-7H,1H3,(H,14,17)(H,15,18)/b13-6-. The van der Waals surface area contributed by atoms with Crippen molar-refractivity contribution in [1.29, 1.82) is 0 Å². The lowest BCUT2D eigenvalue weighted by molar-refractivity contribution is -0.114. The zero-order valence-electron chi connectivity index (χ0n) is 9.62. The van der Waals surface area contributed by atoms with Gasteiger partial charge >= 0.3 is 0 Å². The van der Waals surface area contributed by atoms with Crippen LogP contribution in [0.2, 0.25) is 0 Å². The van der Waals surface area contributed by atoms with Gasteiger partial charge in [0.1, 0.15) is 6.33 Å². The molecule has 6 nitrogen and oxygen atoms in total. The Kier molecular flexibility index (Phi) is 3.63. The molecule has 0 saturated heterocycles. The second kappa shape index (κ2) is 5.37. The fraction of sp³-hybridized carbons (Fsp3) is 0.0909. The van der Waals surface area contributed by atoms with E-state index >= 15 is 0 Å². The summed E-state index contributed by atoms with van der Waals surface area (Å²) in [5, 5.41) is 13.2. The second-order valence-corrected chi connectivity index (χ2v) is 3.94. The SMILES string of the molecule is CC(=O)Nc1ccc(/C=N\n2cn[nH]c2=S)cc1. The van der Waals surface area contributed by atoms with E-state index in [9.17, 15) is 4.79 Å². The highest BCUT2D eigenvalue weighted by Crippen LogP contribution is 2.08. The van der Waals surface area contributed by atoms with Gasteiger partial charge < -0.3 is 5.32 Å². The Morgan fingerprint density at radius 3 is 2.78 bits per heavy atom. The van der Waals surface area contributed by atoms with Gasteiger partial charge in [-0.25, -0.2) is 0 Å². The van der Waals surface area contributed by atoms with Crippen LogP contribution in [0, 0.1) is 4.77 Å². The highest BCUT2D eigenvalue weighted by atomic mass is 32.1. The average Bonchev–Trinajstić information content (AvgIpc) is 2.73. The smallest absolute Gasteiger partial charge is 0.221 e. The molecule has 0 spiro atoms. The highest BCUT2D eigenvalue weighted by Gasteiger charge is 1.95. The van der Waals surface area contributed by atoms with Crippen molar-refractivity contribution in [3.05, 3.63) is 40.9 Å². The molecule has 0 atom stereocenters. The first-order chi connectivity index (χ1) is 8.65. The molecule has 0 saturated carbocycles. The Morgan fingerprint density at radius 2 is 2.22 bits per heavy atom. The number of amides is 1. The molecular weight excluding hydrogens is 250 g/mol. The van der Waals surface area contributed by atoms with E-state index in [1.165, 1.54) is 17.9 Å². The van der Waals surface area contributed by atoms with Gasteiger partial charge in [-0.1, -0.05) is 12.1 Å². The van der Waals surface area contributed by atoms with E-state index in [-0.39, 0.29) is 5.91 Å². The van der Waals surface area contributed by atoms with Crippen molar-refractivity contribution < 1.29 is 4.79 Å². The number of hydrogen-bond acceptors (Lipinski definition) is 4. The number of aromatic nitrogens is 3. The van der Waals surface area contributed by atoms with Crippen LogP contribution in [0.5, 0.6) is 0 Å². The monoisotopic (exact) mass is 261 g/mol. The van der Waals surface area contributed by atoms with Crippen molar-refractivity contribution in [2.75, 3.05) is 5.32 Å². The summed E-state index contributed by atoms with van der Waals surface area (Å²) in [6.45, 7) is 1.47. The summed E-state index contributed by atoms with van der Waals surface area (Å²) in [6.07, 6.45) is 3.15. The van der Waals surface area contributed by atoms with Gasteiger partial charge in [0.15, 0.2) is 0 Å². The molecule has 2 rings (SSSR count). The second-order valence-electron chi connectivity index (χ2n) is 3.55. The fourth-order valence-corrected chi connectivity index (χ4v) is 1.46. The molecule has 1 aromatic carbocycles. The molecule has 0 aliphatic carbocycles. The summed E-state index contributed by atoms with van der Waals surface area (Å²) in [4.78, 5) is 10.9. The third-order valence-electron chi connectivity index (χ3n) is 2.10. The van der Waals surface area contributed by atoms with Gasteiger partial charge in [-0.15, -0.1) is 0 Å². The lowest BCUT2D eigenvalue weighted by Crippen LogP contribution is -2.05. The molecule has 0 aliphatic heterocycles. The largest absolute Gasteiger partial charge is 0.326 e. The number of aromatic amines is 1. The average molecular weight is 261 g/mol. The summed E-state index contributed by atoms with van der Waals surface area (Å²) >= 11 is 4.95. The quantitative estimate of drug-likeness (QED) is 0.653. The first-order valence-electron chi connectivity index (χ1n) is 5.19. The van der Waals surface area contributed by atoms with Crippen molar-refractivity contribution in [3.63, 3.8) is 0 Å². The van der Waals surface area contributed by atoms with Crippen LogP contribution in [0.1, 0.15) is 12.5 Å². The summed E-state index contributed by atoms with van der Waals surface area (Å²) in [5.74, 6) is -0.0962. The molecule has 0 radical (unpaired) electrons. The molecule has 1 amide bonds. The van der Waals surface area contributed by atoms with Gasteiger partial charge in [0.05, 0.1) is 6.21 Å². The molecule has 1 aromatic heterocycles. The highest BCUT2D eigenvalue weighted by molar-refractivity contribution is 7.71. The number of rotatable bonds is 3. The third-order valence-corrected chi connectivity index (χ3v) is 2.38. The molecule has 7 heteroatoms. The maximum atomic E-state index is 10.9. The zero-order valence-corrected chi connectivity index (χ0v) is 10.4. The number of carbonyl (C=O) groups is 1. The first kappa shape index (κ1) is 12.2. The van der Waals surface area contributed by atoms with E-state index in [0.29, 0.717) is 4.77 Å². The Hall–Kier alpha value is -2.28. The molecule has 2 N–H and O–H groups in total. The zero-order chi connectivity index (χ0) is 13.0. The fourth-order valence-electron chi connectivity index (χ4n) is 1.31. The first-order valence-corrected chi connectivity index (χ1v) is 5.60. The molecule has 0 unspecified atom stereocenters.